The molecule has 0 saturated carbocycles. The summed E-state index contributed by atoms with van der Waals surface area (Å²) in [6.45, 7) is 4.23. The molecular formula is C19H22FN3OS. The minimum absolute atomic E-state index is 0.139. The fourth-order valence-corrected chi connectivity index (χ4v) is 4.01. The number of halogens is 1. The third kappa shape index (κ3) is 4.37. The Hall–Kier alpha value is -1.95. The third-order valence-electron chi connectivity index (χ3n) is 4.58. The number of piperidine rings is 1. The number of benzene rings is 1. The minimum atomic E-state index is -0.275. The van der Waals surface area contributed by atoms with Gasteiger partial charge in [0, 0.05) is 23.8 Å². The van der Waals surface area contributed by atoms with Gasteiger partial charge in [-0.1, -0.05) is 11.8 Å². The fraction of sp³-hybridized carbons (Fsp3) is 0.421. The molecule has 1 aromatic heterocycles. The van der Waals surface area contributed by atoms with Crippen LogP contribution in [-0.4, -0.2) is 38.6 Å². The lowest BCUT2D eigenvalue weighted by atomic mass is 9.98. The van der Waals surface area contributed by atoms with Crippen LogP contribution in [0, 0.1) is 5.82 Å². The smallest absolute Gasteiger partial charge is 0.233 e. The molecule has 6 heteroatoms. The van der Waals surface area contributed by atoms with E-state index < -0.39 is 0 Å². The second kappa shape index (κ2) is 7.95. The number of rotatable bonds is 4. The van der Waals surface area contributed by atoms with E-state index in [-0.39, 0.29) is 11.7 Å². The molecule has 2 aromatic rings. The van der Waals surface area contributed by atoms with Gasteiger partial charge in [-0.15, -0.1) is 0 Å². The van der Waals surface area contributed by atoms with Gasteiger partial charge >= 0.3 is 0 Å². The highest BCUT2D eigenvalue weighted by Gasteiger charge is 2.28. The van der Waals surface area contributed by atoms with E-state index in [2.05, 4.69) is 23.8 Å². The maximum absolute atomic E-state index is 13.1. The molecule has 1 aliphatic rings. The van der Waals surface area contributed by atoms with Crippen LogP contribution in [0.1, 0.15) is 33.1 Å². The van der Waals surface area contributed by atoms with Gasteiger partial charge in [0.15, 0.2) is 5.16 Å². The summed E-state index contributed by atoms with van der Waals surface area (Å²) in [6, 6.07) is 8.57. The van der Waals surface area contributed by atoms with Crippen molar-refractivity contribution in [3.63, 3.8) is 0 Å². The molecule has 4 nitrogen and oxygen atoms in total. The summed E-state index contributed by atoms with van der Waals surface area (Å²) in [7, 11) is 0. The zero-order chi connectivity index (χ0) is 17.8. The molecule has 1 amide bonds. The van der Waals surface area contributed by atoms with Crippen molar-refractivity contribution in [2.45, 2.75) is 50.4 Å². The molecule has 1 fully saturated rings. The highest BCUT2D eigenvalue weighted by molar-refractivity contribution is 7.99. The molecule has 0 N–H and O–H groups in total. The average Bonchev–Trinajstić information content (AvgIpc) is 2.61. The summed E-state index contributed by atoms with van der Waals surface area (Å²) < 4.78 is 13.1. The van der Waals surface area contributed by atoms with Crippen LogP contribution >= 0.6 is 11.8 Å². The van der Waals surface area contributed by atoms with E-state index >= 15 is 0 Å². The number of amides is 1. The molecule has 0 spiro atoms. The predicted octanol–water partition coefficient (Wildman–Crippen LogP) is 4.16. The normalized spacial score (nSPS) is 20.5. The highest BCUT2D eigenvalue weighted by atomic mass is 32.2. The number of hydrogen-bond donors (Lipinski definition) is 0. The van der Waals surface area contributed by atoms with Gasteiger partial charge in [-0.3, -0.25) is 4.79 Å². The largest absolute Gasteiger partial charge is 0.337 e. The number of likely N-dealkylation sites (tertiary alicyclic amines) is 1. The first-order valence-corrected chi connectivity index (χ1v) is 9.56. The summed E-state index contributed by atoms with van der Waals surface area (Å²) in [5.74, 6) is 0.199. The summed E-state index contributed by atoms with van der Waals surface area (Å²) in [5.41, 5.74) is 1.56. The molecular weight excluding hydrogens is 337 g/mol. The second-order valence-electron chi connectivity index (χ2n) is 6.45. The number of carbonyl (C=O) groups is 1. The Morgan fingerprint density at radius 2 is 1.88 bits per heavy atom. The van der Waals surface area contributed by atoms with Crippen molar-refractivity contribution < 1.29 is 9.18 Å². The monoisotopic (exact) mass is 359 g/mol. The second-order valence-corrected chi connectivity index (χ2v) is 7.39. The Morgan fingerprint density at radius 3 is 2.56 bits per heavy atom. The van der Waals surface area contributed by atoms with Crippen LogP contribution in [0.5, 0.6) is 0 Å². The molecule has 2 heterocycles. The van der Waals surface area contributed by atoms with Crippen LogP contribution in [-0.2, 0) is 4.79 Å². The van der Waals surface area contributed by atoms with Crippen LogP contribution in [0.3, 0.4) is 0 Å². The molecule has 0 radical (unpaired) electrons. The number of nitrogens with zero attached hydrogens (tertiary/aromatic N) is 3. The van der Waals surface area contributed by atoms with Crippen LogP contribution < -0.4 is 0 Å². The van der Waals surface area contributed by atoms with Crippen LogP contribution in [0.15, 0.2) is 41.7 Å². The predicted molar refractivity (Wildman–Crippen MR) is 97.8 cm³/mol. The van der Waals surface area contributed by atoms with E-state index in [1.807, 2.05) is 4.90 Å². The van der Waals surface area contributed by atoms with Gasteiger partial charge in [-0.05, 0) is 63.4 Å². The molecule has 1 aliphatic heterocycles. The molecule has 1 aromatic carbocycles. The van der Waals surface area contributed by atoms with E-state index in [1.165, 1.54) is 30.3 Å². The van der Waals surface area contributed by atoms with Gasteiger partial charge in [0.25, 0.3) is 0 Å². The minimum Gasteiger partial charge on any atom is -0.337 e. The van der Waals surface area contributed by atoms with Crippen LogP contribution in [0.25, 0.3) is 11.3 Å². The molecule has 0 aliphatic carbocycles. The van der Waals surface area contributed by atoms with Crippen molar-refractivity contribution in [2.24, 2.45) is 0 Å². The van der Waals surface area contributed by atoms with Crippen molar-refractivity contribution in [1.29, 1.82) is 0 Å². The van der Waals surface area contributed by atoms with Gasteiger partial charge in [-0.25, -0.2) is 14.4 Å². The topological polar surface area (TPSA) is 46.1 Å². The van der Waals surface area contributed by atoms with E-state index in [4.69, 9.17) is 0 Å². The van der Waals surface area contributed by atoms with E-state index in [1.54, 1.807) is 24.4 Å². The molecule has 2 atom stereocenters. The maximum atomic E-state index is 13.1. The number of hydrogen-bond acceptors (Lipinski definition) is 4. The van der Waals surface area contributed by atoms with Gasteiger partial charge < -0.3 is 4.90 Å². The van der Waals surface area contributed by atoms with Gasteiger partial charge in [0.1, 0.15) is 5.82 Å². The number of carbonyl (C=O) groups excluding carboxylic acids is 1. The quantitative estimate of drug-likeness (QED) is 0.607. The Morgan fingerprint density at radius 1 is 1.20 bits per heavy atom. The van der Waals surface area contributed by atoms with Gasteiger partial charge in [-0.2, -0.15) is 0 Å². The number of aromatic nitrogens is 2. The average molecular weight is 359 g/mol. The van der Waals surface area contributed by atoms with E-state index in [9.17, 15) is 9.18 Å². The third-order valence-corrected chi connectivity index (χ3v) is 5.43. The molecule has 0 unspecified atom stereocenters. The van der Waals surface area contributed by atoms with Crippen LogP contribution in [0.4, 0.5) is 4.39 Å². The first-order chi connectivity index (χ1) is 12.0. The summed E-state index contributed by atoms with van der Waals surface area (Å²) in [6.07, 6.45) is 4.99. The molecule has 25 heavy (non-hydrogen) atoms. The van der Waals surface area contributed by atoms with E-state index in [0.717, 1.165) is 24.1 Å². The summed E-state index contributed by atoms with van der Waals surface area (Å²) in [4.78, 5) is 23.3. The fourth-order valence-electron chi connectivity index (χ4n) is 3.31. The summed E-state index contributed by atoms with van der Waals surface area (Å²) >= 11 is 1.35. The van der Waals surface area contributed by atoms with Gasteiger partial charge in [0.05, 0.1) is 11.4 Å². The lowest BCUT2D eigenvalue weighted by Gasteiger charge is -2.39. The van der Waals surface area contributed by atoms with Gasteiger partial charge in [0.2, 0.25) is 5.91 Å². The zero-order valence-electron chi connectivity index (χ0n) is 14.5. The Bertz CT molecular complexity index is 728. The maximum Gasteiger partial charge on any atom is 0.233 e. The number of thioether (sulfide) groups is 1. The van der Waals surface area contributed by atoms with Crippen LogP contribution in [0.2, 0.25) is 0 Å². The Kier molecular flexibility index (Phi) is 5.68. The van der Waals surface area contributed by atoms with E-state index in [0.29, 0.717) is 23.0 Å². The van der Waals surface area contributed by atoms with Crippen molar-refractivity contribution in [2.75, 3.05) is 5.75 Å². The van der Waals surface area contributed by atoms with Crippen molar-refractivity contribution in [1.82, 2.24) is 14.9 Å². The SMILES string of the molecule is C[C@H]1CCC[C@H](C)N1C(=O)CSc1nccc(-c2ccc(F)cc2)n1. The standard InChI is InChI=1S/C19H22FN3OS/c1-13-4-3-5-14(2)23(13)18(24)12-25-19-21-11-10-17(22-19)15-6-8-16(20)9-7-15/h6-11,13-14H,3-5,12H2,1-2H3/t13-,14-/m0/s1. The van der Waals surface area contributed by atoms with Crippen molar-refractivity contribution >= 4 is 17.7 Å². The lowest BCUT2D eigenvalue weighted by molar-refractivity contribution is -0.134. The zero-order valence-corrected chi connectivity index (χ0v) is 15.3. The molecule has 132 valence electrons. The summed E-state index contributed by atoms with van der Waals surface area (Å²) in [5, 5.41) is 0.562. The molecule has 1 saturated heterocycles. The first-order valence-electron chi connectivity index (χ1n) is 8.57. The highest BCUT2D eigenvalue weighted by Crippen LogP contribution is 2.25. The lowest BCUT2D eigenvalue weighted by Crippen LogP contribution is -2.48. The molecule has 3 rings (SSSR count). The molecule has 0 bridgehead atoms. The first kappa shape index (κ1) is 17.9. The Balaban J connectivity index is 1.66. The van der Waals surface area contributed by atoms with Crippen molar-refractivity contribution in [3.05, 3.63) is 42.3 Å². The van der Waals surface area contributed by atoms with Crippen molar-refractivity contribution in [3.8, 4) is 11.3 Å². The Labute approximate surface area is 151 Å².